The molecule has 0 bridgehead atoms. The first-order valence-electron chi connectivity index (χ1n) is 25.6. The number of halogens is 5. The number of piperazine rings is 2. The average molecular weight is 1120 g/mol. The molecule has 10 rings (SSSR count). The molecule has 2 amide bonds. The van der Waals surface area contributed by atoms with Crippen LogP contribution in [0.1, 0.15) is 114 Å². The molecule has 19 heteroatoms. The fourth-order valence-corrected chi connectivity index (χ4v) is 11.1. The van der Waals surface area contributed by atoms with Crippen LogP contribution in [-0.2, 0) is 0 Å². The van der Waals surface area contributed by atoms with Crippen molar-refractivity contribution >= 4 is 92.2 Å². The van der Waals surface area contributed by atoms with E-state index in [2.05, 4.69) is 68.7 Å². The van der Waals surface area contributed by atoms with Gasteiger partial charge in [0.05, 0.1) is 37.5 Å². The lowest BCUT2D eigenvalue weighted by atomic mass is 10.1. The maximum Gasteiger partial charge on any atom is 0.253 e. The second-order valence-corrected chi connectivity index (χ2v) is 21.2. The van der Waals surface area contributed by atoms with E-state index in [0.29, 0.717) is 108 Å². The Morgan fingerprint density at radius 1 is 0.564 bits per heavy atom. The summed E-state index contributed by atoms with van der Waals surface area (Å²) in [5.41, 5.74) is 6.61. The third kappa shape index (κ3) is 12.9. The fraction of sp³-hybridized carbons (Fsp3) is 0.288. The highest BCUT2D eigenvalue weighted by Gasteiger charge is 2.27. The molecule has 6 heterocycles. The average Bonchev–Trinajstić information content (AvgIpc) is 4.04. The van der Waals surface area contributed by atoms with Crippen LogP contribution in [0.3, 0.4) is 0 Å². The van der Waals surface area contributed by atoms with Gasteiger partial charge in [-0.1, -0.05) is 59.1 Å². The molecule has 8 aromatic rings. The summed E-state index contributed by atoms with van der Waals surface area (Å²) in [7, 11) is 0. The highest BCUT2D eigenvalue weighted by molar-refractivity contribution is 6.35. The summed E-state index contributed by atoms with van der Waals surface area (Å²) < 4.78 is 42.8. The first-order chi connectivity index (χ1) is 37.4. The summed E-state index contributed by atoms with van der Waals surface area (Å²) in [4.78, 5) is 37.7. The largest absolute Gasteiger partial charge is 0.486 e. The molecule has 0 radical (unpaired) electrons. The number of hydrogen-bond acceptors (Lipinski definition) is 10. The standard InChI is InChI=1S/C30H31ClFN5O2.C29H28Cl2FN5O2/c1-17-13-33-14-25(31)29(17)20(4)39-23-9-10-27-24(11-23)28(36-35-27)12-26(32)21-5-7-22(8-6-21)30(38)37-15-18(2)34-19(3)16-37;1-16-14-37(15-17(2)34-16)29(38)20-6-4-19(5-7-20)25(32)11-27-22-10-21(8-9-26(22)35-36-27)39-18(3)28-23(30)12-33-13-24(28)31/h5-14,18-20,34H,15-16H2,1-4H3,(H,35,36);4-13,16-18,34H,14-15H2,1-3H3,(H,35,36)/b26-12-;25-11-/t18-,19+,20-;16-,17+,18-/m11/s1. The van der Waals surface area contributed by atoms with Gasteiger partial charge in [0.2, 0.25) is 0 Å². The van der Waals surface area contributed by atoms with Crippen molar-refractivity contribution in [3.8, 4) is 11.5 Å². The van der Waals surface area contributed by atoms with Gasteiger partial charge in [-0.2, -0.15) is 10.2 Å². The van der Waals surface area contributed by atoms with Crippen LogP contribution >= 0.6 is 34.8 Å². The number of rotatable bonds is 12. The van der Waals surface area contributed by atoms with Crippen LogP contribution in [0.25, 0.3) is 45.6 Å². The van der Waals surface area contributed by atoms with Crippen LogP contribution < -0.4 is 20.1 Å². The van der Waals surface area contributed by atoms with Crippen molar-refractivity contribution in [2.24, 2.45) is 0 Å². The number of aryl methyl sites for hydroxylation is 1. The Hall–Kier alpha value is -7.21. The lowest BCUT2D eigenvalue weighted by Crippen LogP contribution is -2.55. The van der Waals surface area contributed by atoms with Crippen molar-refractivity contribution in [2.75, 3.05) is 26.2 Å². The Kier molecular flexibility index (Phi) is 17.2. The van der Waals surface area contributed by atoms with Gasteiger partial charge in [0.15, 0.2) is 0 Å². The minimum absolute atomic E-state index is 0.0456. The first kappa shape index (κ1) is 55.5. The minimum atomic E-state index is -0.459. The van der Waals surface area contributed by atoms with Gasteiger partial charge in [-0.3, -0.25) is 29.8 Å². The van der Waals surface area contributed by atoms with E-state index in [4.69, 9.17) is 44.3 Å². The molecule has 404 valence electrons. The zero-order valence-corrected chi connectivity index (χ0v) is 46.3. The molecule has 2 saturated heterocycles. The fourth-order valence-electron chi connectivity index (χ4n) is 10.1. The van der Waals surface area contributed by atoms with E-state index in [-0.39, 0.29) is 42.1 Å². The van der Waals surface area contributed by atoms with E-state index in [1.165, 1.54) is 24.5 Å². The first-order valence-corrected chi connectivity index (χ1v) is 26.8. The topological polar surface area (TPSA) is 166 Å². The third-order valence-electron chi connectivity index (χ3n) is 13.6. The summed E-state index contributed by atoms with van der Waals surface area (Å²) in [6, 6.07) is 24.9. The smallest absolute Gasteiger partial charge is 0.253 e. The molecule has 4 aromatic heterocycles. The number of carbonyl (C=O) groups excluding carboxylic acids is 2. The van der Waals surface area contributed by atoms with Crippen LogP contribution in [0.2, 0.25) is 15.1 Å². The number of nitrogens with one attached hydrogen (secondary N) is 4. The highest BCUT2D eigenvalue weighted by Crippen LogP contribution is 2.35. The second kappa shape index (κ2) is 24.2. The summed E-state index contributed by atoms with van der Waals surface area (Å²) >= 11 is 18.9. The van der Waals surface area contributed by atoms with Crippen molar-refractivity contribution in [1.29, 1.82) is 0 Å². The van der Waals surface area contributed by atoms with Crippen LogP contribution in [0.4, 0.5) is 8.78 Å². The number of hydrogen-bond donors (Lipinski definition) is 4. The maximum atomic E-state index is 15.3. The van der Waals surface area contributed by atoms with Crippen molar-refractivity contribution in [3.05, 3.63) is 175 Å². The van der Waals surface area contributed by atoms with Crippen molar-refractivity contribution in [3.63, 3.8) is 0 Å². The summed E-state index contributed by atoms with van der Waals surface area (Å²) in [5.74, 6) is 0.160. The molecule has 2 fully saturated rings. The predicted molar refractivity (Wildman–Crippen MR) is 305 cm³/mol. The van der Waals surface area contributed by atoms with Crippen LogP contribution in [-0.4, -0.2) is 102 Å². The van der Waals surface area contributed by atoms with E-state index in [0.717, 1.165) is 16.5 Å². The van der Waals surface area contributed by atoms with Crippen LogP contribution in [0.5, 0.6) is 11.5 Å². The van der Waals surface area contributed by atoms with Gasteiger partial charge in [-0.15, -0.1) is 0 Å². The Morgan fingerprint density at radius 2 is 0.923 bits per heavy atom. The van der Waals surface area contributed by atoms with Gasteiger partial charge < -0.3 is 29.9 Å². The van der Waals surface area contributed by atoms with E-state index in [9.17, 15) is 9.59 Å². The van der Waals surface area contributed by atoms with E-state index in [1.54, 1.807) is 79.1 Å². The molecular weight excluding hydrogens is 1060 g/mol. The number of aromatic amines is 2. The van der Waals surface area contributed by atoms with Crippen LogP contribution in [0, 0.1) is 6.92 Å². The van der Waals surface area contributed by atoms with Crippen molar-refractivity contribution < 1.29 is 27.8 Å². The number of aromatic nitrogens is 6. The molecule has 0 aliphatic carbocycles. The van der Waals surface area contributed by atoms with E-state index < -0.39 is 17.8 Å². The number of ether oxygens (including phenoxy) is 2. The van der Waals surface area contributed by atoms with Crippen LogP contribution in [0.15, 0.2) is 110 Å². The minimum Gasteiger partial charge on any atom is -0.486 e. The van der Waals surface area contributed by atoms with Gasteiger partial charge >= 0.3 is 0 Å². The van der Waals surface area contributed by atoms with Crippen molar-refractivity contribution in [2.45, 2.75) is 84.8 Å². The van der Waals surface area contributed by atoms with Gasteiger partial charge in [0, 0.05) is 131 Å². The molecule has 0 spiro atoms. The Morgan fingerprint density at radius 3 is 1.32 bits per heavy atom. The quantitative estimate of drug-likeness (QED) is 0.0925. The molecule has 4 N–H and O–H groups in total. The number of H-pyrrole nitrogens is 2. The van der Waals surface area contributed by atoms with E-state index in [1.807, 2.05) is 48.8 Å². The highest BCUT2D eigenvalue weighted by atomic mass is 35.5. The monoisotopic (exact) mass is 1110 g/mol. The second-order valence-electron chi connectivity index (χ2n) is 20.0. The number of carbonyl (C=O) groups is 2. The molecule has 0 saturated carbocycles. The number of benzene rings is 4. The lowest BCUT2D eigenvalue weighted by molar-refractivity contribution is 0.0668. The maximum absolute atomic E-state index is 15.3. The molecule has 2 aliphatic heterocycles. The Balaban J connectivity index is 0.000000190. The van der Waals surface area contributed by atoms with Gasteiger partial charge in [0.25, 0.3) is 11.8 Å². The normalized spacial score (nSPS) is 18.8. The Bertz CT molecular complexity index is 3240. The third-order valence-corrected chi connectivity index (χ3v) is 14.5. The Labute approximate surface area is 466 Å². The number of nitrogens with zero attached hydrogens (tertiary/aromatic N) is 6. The zero-order chi connectivity index (χ0) is 55.4. The van der Waals surface area contributed by atoms with Gasteiger partial charge in [0.1, 0.15) is 35.4 Å². The molecule has 2 aliphatic rings. The molecule has 6 atom stereocenters. The number of amides is 2. The summed E-state index contributed by atoms with van der Waals surface area (Å²) in [6.07, 6.45) is 8.42. The predicted octanol–water partition coefficient (Wildman–Crippen LogP) is 13.0. The molecular formula is C59H59Cl3F2N10O4. The van der Waals surface area contributed by atoms with Crippen molar-refractivity contribution in [1.82, 2.24) is 50.8 Å². The van der Waals surface area contributed by atoms with E-state index >= 15 is 8.78 Å². The SMILES string of the molecule is C[C@@H]1CN(C(=O)c2ccc(/C(F)=C/c3[nH]nc4ccc(O[C@H](C)c5c(Cl)cncc5Cl)cc34)cc2)C[C@H](C)N1.Cc1cncc(Cl)c1[C@@H](C)Oc1ccc2n[nH]c(/C=C(\F)c3ccc(C(=O)N4C[C@@H](C)N[C@@H](C)C4)cc3)c2c1. The number of pyridine rings is 2. The number of fused-ring (bicyclic) bond motifs is 2. The molecule has 4 aromatic carbocycles. The lowest BCUT2D eigenvalue weighted by Gasteiger charge is -2.36. The molecule has 0 unspecified atom stereocenters. The zero-order valence-electron chi connectivity index (χ0n) is 44.0. The summed E-state index contributed by atoms with van der Waals surface area (Å²) in [5, 5.41) is 24.0. The molecule has 78 heavy (non-hydrogen) atoms. The molecule has 14 nitrogen and oxygen atoms in total. The van der Waals surface area contributed by atoms with Gasteiger partial charge in [-0.05, 0) is 115 Å². The summed E-state index contributed by atoms with van der Waals surface area (Å²) in [6.45, 7) is 16.5. The van der Waals surface area contributed by atoms with Gasteiger partial charge in [-0.25, -0.2) is 8.78 Å².